The number of aliphatic carboxylic acids is 1. The Morgan fingerprint density at radius 3 is 2.55 bits per heavy atom. The summed E-state index contributed by atoms with van der Waals surface area (Å²) < 4.78 is 0. The van der Waals surface area contributed by atoms with E-state index >= 15 is 0 Å². The first-order valence-corrected chi connectivity index (χ1v) is 3.74. The Balaban J connectivity index is 3.14. The molecule has 0 aromatic heterocycles. The minimum absolute atomic E-state index is 0.0720. The summed E-state index contributed by atoms with van der Waals surface area (Å²) in [5, 5.41) is 10.7. The van der Waals surface area contributed by atoms with Gasteiger partial charge in [-0.2, -0.15) is 0 Å². The fourth-order valence-electron chi connectivity index (χ4n) is 0.515. The smallest absolute Gasteiger partial charge is 0.303 e. The number of halogens is 1. The Bertz CT molecular complexity index is 149. The molecule has 0 fully saturated rings. The van der Waals surface area contributed by atoms with E-state index in [2.05, 4.69) is 5.32 Å². The van der Waals surface area contributed by atoms with Gasteiger partial charge < -0.3 is 10.4 Å². The van der Waals surface area contributed by atoms with Crippen LogP contribution in [0.4, 0.5) is 0 Å². The van der Waals surface area contributed by atoms with Crippen LogP contribution < -0.4 is 5.32 Å². The lowest BCUT2D eigenvalue weighted by Crippen LogP contribution is -2.25. The van der Waals surface area contributed by atoms with Gasteiger partial charge in [-0.15, -0.1) is 11.6 Å². The van der Waals surface area contributed by atoms with Gasteiger partial charge in [0, 0.05) is 13.0 Å². The SMILES string of the molecule is O=C(O)CCCNC(=O)CCl. The Kier molecular flexibility index (Phi) is 5.56. The van der Waals surface area contributed by atoms with Crippen LogP contribution in [0, 0.1) is 0 Å². The van der Waals surface area contributed by atoms with Crippen LogP contribution in [0.25, 0.3) is 0 Å². The molecule has 0 bridgehead atoms. The van der Waals surface area contributed by atoms with Crippen molar-refractivity contribution in [1.29, 1.82) is 0 Å². The van der Waals surface area contributed by atoms with Gasteiger partial charge in [-0.25, -0.2) is 0 Å². The highest BCUT2D eigenvalue weighted by Crippen LogP contribution is 1.85. The molecule has 64 valence electrons. The third kappa shape index (κ3) is 7.12. The summed E-state index contributed by atoms with van der Waals surface area (Å²) in [7, 11) is 0. The second-order valence-electron chi connectivity index (χ2n) is 1.98. The van der Waals surface area contributed by atoms with Gasteiger partial charge in [0.25, 0.3) is 0 Å². The Morgan fingerprint density at radius 1 is 1.45 bits per heavy atom. The molecular formula is C6H10ClNO3. The van der Waals surface area contributed by atoms with Crippen molar-refractivity contribution in [1.82, 2.24) is 5.32 Å². The maximum absolute atomic E-state index is 10.5. The number of amides is 1. The third-order valence-electron chi connectivity index (χ3n) is 1.01. The summed E-state index contributed by atoms with van der Waals surface area (Å²) in [4.78, 5) is 20.4. The molecule has 0 spiro atoms. The van der Waals surface area contributed by atoms with E-state index in [1.54, 1.807) is 0 Å². The van der Waals surface area contributed by atoms with Crippen molar-refractivity contribution in [2.45, 2.75) is 12.8 Å². The maximum atomic E-state index is 10.5. The summed E-state index contributed by atoms with van der Waals surface area (Å²) in [6.45, 7) is 0.373. The second-order valence-corrected chi connectivity index (χ2v) is 2.25. The number of carboxylic acids is 1. The predicted molar refractivity (Wildman–Crippen MR) is 40.6 cm³/mol. The minimum Gasteiger partial charge on any atom is -0.481 e. The van der Waals surface area contributed by atoms with Crippen molar-refractivity contribution < 1.29 is 14.7 Å². The molecule has 0 rings (SSSR count). The molecule has 0 heterocycles. The standard InChI is InChI=1S/C6H10ClNO3/c7-4-5(9)8-3-1-2-6(10)11/h1-4H2,(H,8,9)(H,10,11). The molecule has 0 aromatic carbocycles. The third-order valence-corrected chi connectivity index (χ3v) is 1.25. The number of hydrogen-bond donors (Lipinski definition) is 2. The average Bonchev–Trinajstić information content (AvgIpc) is 1.97. The Labute approximate surface area is 69.5 Å². The molecule has 5 heteroatoms. The second kappa shape index (κ2) is 5.97. The highest BCUT2D eigenvalue weighted by atomic mass is 35.5. The maximum Gasteiger partial charge on any atom is 0.303 e. The first-order chi connectivity index (χ1) is 5.16. The fourth-order valence-corrected chi connectivity index (χ4v) is 0.609. The van der Waals surface area contributed by atoms with Gasteiger partial charge in [-0.3, -0.25) is 9.59 Å². The average molecular weight is 180 g/mol. The van der Waals surface area contributed by atoms with E-state index in [0.29, 0.717) is 13.0 Å². The molecule has 0 radical (unpaired) electrons. The Morgan fingerprint density at radius 2 is 2.09 bits per heavy atom. The van der Waals surface area contributed by atoms with Gasteiger partial charge in [0.1, 0.15) is 5.88 Å². The van der Waals surface area contributed by atoms with E-state index in [1.165, 1.54) is 0 Å². The van der Waals surface area contributed by atoms with Gasteiger partial charge in [-0.1, -0.05) is 0 Å². The van der Waals surface area contributed by atoms with Crippen LogP contribution in [0.15, 0.2) is 0 Å². The van der Waals surface area contributed by atoms with E-state index in [9.17, 15) is 9.59 Å². The predicted octanol–water partition coefficient (Wildman–Crippen LogP) is 0.206. The molecule has 0 saturated heterocycles. The van der Waals surface area contributed by atoms with Gasteiger partial charge in [0.05, 0.1) is 0 Å². The molecule has 0 aliphatic heterocycles. The summed E-state index contributed by atoms with van der Waals surface area (Å²) in [6, 6.07) is 0. The zero-order valence-electron chi connectivity index (χ0n) is 5.97. The summed E-state index contributed by atoms with van der Waals surface area (Å²) in [5.74, 6) is -1.20. The first kappa shape index (κ1) is 10.2. The van der Waals surface area contributed by atoms with Gasteiger partial charge in [0.15, 0.2) is 0 Å². The molecule has 0 aliphatic rings. The van der Waals surface area contributed by atoms with Crippen LogP contribution >= 0.6 is 11.6 Å². The number of carbonyl (C=O) groups excluding carboxylic acids is 1. The molecule has 11 heavy (non-hydrogen) atoms. The van der Waals surface area contributed by atoms with E-state index < -0.39 is 5.97 Å². The lowest BCUT2D eigenvalue weighted by atomic mass is 10.3. The van der Waals surface area contributed by atoms with E-state index in [-0.39, 0.29) is 18.2 Å². The number of carboxylic acid groups (broad SMARTS) is 1. The van der Waals surface area contributed by atoms with Crippen LogP contribution in [0.2, 0.25) is 0 Å². The molecule has 0 saturated carbocycles. The quantitative estimate of drug-likeness (QED) is 0.468. The number of rotatable bonds is 5. The summed E-state index contributed by atoms with van der Waals surface area (Å²) in [5.41, 5.74) is 0. The van der Waals surface area contributed by atoms with Crippen molar-refractivity contribution in [3.63, 3.8) is 0 Å². The van der Waals surface area contributed by atoms with Crippen LogP contribution in [-0.2, 0) is 9.59 Å². The lowest BCUT2D eigenvalue weighted by molar-refractivity contribution is -0.137. The van der Waals surface area contributed by atoms with Crippen LogP contribution in [0.1, 0.15) is 12.8 Å². The topological polar surface area (TPSA) is 66.4 Å². The number of carbonyl (C=O) groups is 2. The minimum atomic E-state index is -0.856. The highest BCUT2D eigenvalue weighted by Gasteiger charge is 1.98. The summed E-state index contributed by atoms with van der Waals surface area (Å²) >= 11 is 5.17. The first-order valence-electron chi connectivity index (χ1n) is 3.21. The van der Waals surface area contributed by atoms with Crippen molar-refractivity contribution in [3.05, 3.63) is 0 Å². The number of hydrogen-bond acceptors (Lipinski definition) is 2. The van der Waals surface area contributed by atoms with E-state index in [1.807, 2.05) is 0 Å². The van der Waals surface area contributed by atoms with Crippen molar-refractivity contribution in [2.75, 3.05) is 12.4 Å². The molecule has 4 nitrogen and oxygen atoms in total. The summed E-state index contributed by atoms with van der Waals surface area (Å²) in [6.07, 6.45) is 0.514. The van der Waals surface area contributed by atoms with Crippen LogP contribution in [-0.4, -0.2) is 29.4 Å². The fraction of sp³-hybridized carbons (Fsp3) is 0.667. The molecule has 2 N–H and O–H groups in total. The van der Waals surface area contributed by atoms with E-state index in [4.69, 9.17) is 16.7 Å². The molecule has 1 amide bonds. The van der Waals surface area contributed by atoms with Crippen molar-refractivity contribution >= 4 is 23.5 Å². The van der Waals surface area contributed by atoms with Crippen molar-refractivity contribution in [3.8, 4) is 0 Å². The monoisotopic (exact) mass is 179 g/mol. The molecule has 0 atom stereocenters. The van der Waals surface area contributed by atoms with Gasteiger partial charge in [0.2, 0.25) is 5.91 Å². The number of nitrogens with one attached hydrogen (secondary N) is 1. The molecule has 0 unspecified atom stereocenters. The molecule has 0 aromatic rings. The normalized spacial score (nSPS) is 9.18. The van der Waals surface area contributed by atoms with Crippen LogP contribution in [0.3, 0.4) is 0 Å². The van der Waals surface area contributed by atoms with E-state index in [0.717, 1.165) is 0 Å². The molecular weight excluding hydrogens is 170 g/mol. The lowest BCUT2D eigenvalue weighted by Gasteiger charge is -1.99. The molecule has 0 aliphatic carbocycles. The number of alkyl halides is 1. The highest BCUT2D eigenvalue weighted by molar-refractivity contribution is 6.27. The zero-order chi connectivity index (χ0) is 8.69. The van der Waals surface area contributed by atoms with Gasteiger partial charge in [-0.05, 0) is 6.42 Å². The van der Waals surface area contributed by atoms with Crippen LogP contribution in [0.5, 0.6) is 0 Å². The largest absolute Gasteiger partial charge is 0.481 e. The zero-order valence-corrected chi connectivity index (χ0v) is 6.73. The Hall–Kier alpha value is -0.770. The van der Waals surface area contributed by atoms with Gasteiger partial charge >= 0.3 is 5.97 Å². The van der Waals surface area contributed by atoms with Crippen molar-refractivity contribution in [2.24, 2.45) is 0 Å².